The van der Waals surface area contributed by atoms with E-state index in [2.05, 4.69) is 15.5 Å². The molecule has 162 valence electrons. The topological polar surface area (TPSA) is 139 Å². The van der Waals surface area contributed by atoms with Gasteiger partial charge in [-0.25, -0.2) is 8.42 Å². The van der Waals surface area contributed by atoms with Gasteiger partial charge in [-0.15, -0.1) is 10.2 Å². The Kier molecular flexibility index (Phi) is 6.55. The van der Waals surface area contributed by atoms with Crippen LogP contribution in [0.5, 0.6) is 0 Å². The molecule has 1 aliphatic rings. The maximum Gasteiger partial charge on any atom is 0.294 e. The maximum atomic E-state index is 12.9. The van der Waals surface area contributed by atoms with Crippen LogP contribution in [0.25, 0.3) is 0 Å². The van der Waals surface area contributed by atoms with E-state index in [-0.39, 0.29) is 58.2 Å². The number of hydrogen-bond donors (Lipinski definition) is 1. The molecule has 11 nitrogen and oxygen atoms in total. The van der Waals surface area contributed by atoms with Crippen LogP contribution in [-0.2, 0) is 14.8 Å². The van der Waals surface area contributed by atoms with Gasteiger partial charge in [0.05, 0.1) is 4.92 Å². The predicted molar refractivity (Wildman–Crippen MR) is 112 cm³/mol. The number of anilines is 2. The largest absolute Gasteiger partial charge is 0.363 e. The smallest absolute Gasteiger partial charge is 0.294 e. The molecule has 1 N–H and O–H groups in total. The molecule has 1 aliphatic heterocycles. The molecule has 0 atom stereocenters. The lowest BCUT2D eigenvalue weighted by atomic mass is 10.2. The number of aromatic nitrogens is 2. The average Bonchev–Trinajstić information content (AvgIpc) is 3.17. The Morgan fingerprint density at radius 2 is 1.93 bits per heavy atom. The molecule has 0 aliphatic carbocycles. The minimum atomic E-state index is -3.89. The second-order valence-electron chi connectivity index (χ2n) is 6.80. The minimum Gasteiger partial charge on any atom is -0.363 e. The second kappa shape index (κ2) is 8.79. The van der Waals surface area contributed by atoms with Gasteiger partial charge in [-0.2, -0.15) is 4.31 Å². The molecule has 14 heteroatoms. The van der Waals surface area contributed by atoms with E-state index in [0.717, 1.165) is 11.3 Å². The lowest BCUT2D eigenvalue weighted by molar-refractivity contribution is -0.384. The number of amides is 1. The molecule has 0 bridgehead atoms. The van der Waals surface area contributed by atoms with Crippen molar-refractivity contribution in [1.82, 2.24) is 14.5 Å². The first-order chi connectivity index (χ1) is 14.1. The Morgan fingerprint density at radius 1 is 1.27 bits per heavy atom. The highest BCUT2D eigenvalue weighted by atomic mass is 35.5. The summed E-state index contributed by atoms with van der Waals surface area (Å²) < 4.78 is 26.8. The van der Waals surface area contributed by atoms with E-state index >= 15 is 0 Å². The van der Waals surface area contributed by atoms with Gasteiger partial charge < -0.3 is 10.2 Å². The second-order valence-corrected chi connectivity index (χ2v) is 10.3. The molecular formula is C16H19ClN6O5S2. The first kappa shape index (κ1) is 22.3. The lowest BCUT2D eigenvalue weighted by Gasteiger charge is -2.34. The number of nitro groups is 1. The van der Waals surface area contributed by atoms with E-state index in [1.54, 1.807) is 30.9 Å². The van der Waals surface area contributed by atoms with E-state index in [1.165, 1.54) is 10.4 Å². The third kappa shape index (κ3) is 4.69. The van der Waals surface area contributed by atoms with Crippen LogP contribution in [0.2, 0.25) is 5.02 Å². The Morgan fingerprint density at radius 3 is 2.53 bits per heavy atom. The van der Waals surface area contributed by atoms with Crippen molar-refractivity contribution >= 4 is 55.4 Å². The number of halogens is 1. The molecule has 2 aromatic rings. The van der Waals surface area contributed by atoms with Crippen LogP contribution < -0.4 is 10.2 Å². The number of nitrogens with zero attached hydrogens (tertiary/aromatic N) is 5. The zero-order valence-corrected chi connectivity index (χ0v) is 18.5. The fraction of sp³-hybridized carbons (Fsp3) is 0.438. The van der Waals surface area contributed by atoms with Gasteiger partial charge in [-0.05, 0) is 12.1 Å². The molecule has 1 fully saturated rings. The van der Waals surface area contributed by atoms with Gasteiger partial charge in [0, 0.05) is 43.2 Å². The van der Waals surface area contributed by atoms with Crippen LogP contribution in [0.4, 0.5) is 16.5 Å². The van der Waals surface area contributed by atoms with E-state index < -0.39 is 14.9 Å². The van der Waals surface area contributed by atoms with Crippen LogP contribution in [-0.4, -0.2) is 59.9 Å². The van der Waals surface area contributed by atoms with Gasteiger partial charge in [0.2, 0.25) is 15.4 Å². The molecule has 3 rings (SSSR count). The number of sulfonamides is 1. The molecule has 1 amide bonds. The fourth-order valence-electron chi connectivity index (χ4n) is 2.80. The highest BCUT2D eigenvalue weighted by Crippen LogP contribution is 2.32. The summed E-state index contributed by atoms with van der Waals surface area (Å²) in [4.78, 5) is 24.3. The molecule has 0 saturated carbocycles. The Hall–Kier alpha value is -2.35. The molecule has 1 saturated heterocycles. The van der Waals surface area contributed by atoms with E-state index in [4.69, 9.17) is 11.6 Å². The molecule has 1 aromatic heterocycles. The van der Waals surface area contributed by atoms with Gasteiger partial charge in [0.25, 0.3) is 15.7 Å². The summed E-state index contributed by atoms with van der Waals surface area (Å²) >= 11 is 6.64. The van der Waals surface area contributed by atoms with Crippen LogP contribution in [0.1, 0.15) is 13.8 Å². The third-order valence-electron chi connectivity index (χ3n) is 4.44. The maximum absolute atomic E-state index is 12.9. The summed E-state index contributed by atoms with van der Waals surface area (Å²) in [6.07, 6.45) is 0. The van der Waals surface area contributed by atoms with Crippen LogP contribution in [0.15, 0.2) is 22.5 Å². The monoisotopic (exact) mass is 474 g/mol. The number of piperazine rings is 1. The summed E-state index contributed by atoms with van der Waals surface area (Å²) in [7, 11) is -3.89. The highest BCUT2D eigenvalue weighted by Gasteiger charge is 2.33. The number of carbonyl (C=O) groups excluding carboxylic acids is 1. The Balaban J connectivity index is 1.71. The van der Waals surface area contributed by atoms with Crippen molar-refractivity contribution in [2.45, 2.75) is 18.2 Å². The zero-order chi connectivity index (χ0) is 22.1. The quantitative estimate of drug-likeness (QED) is 0.382. The zero-order valence-electron chi connectivity index (χ0n) is 16.1. The Labute approximate surface area is 181 Å². The Bertz CT molecular complexity index is 1070. The average molecular weight is 475 g/mol. The minimum absolute atomic E-state index is 0.114. The first-order valence-electron chi connectivity index (χ1n) is 8.93. The molecule has 30 heavy (non-hydrogen) atoms. The number of nitrogens with one attached hydrogen (secondary N) is 1. The summed E-state index contributed by atoms with van der Waals surface area (Å²) in [5.74, 6) is -0.563. The van der Waals surface area contributed by atoms with Gasteiger partial charge in [-0.3, -0.25) is 14.9 Å². The molecule has 0 radical (unpaired) electrons. The normalized spacial score (nSPS) is 15.4. The van der Waals surface area contributed by atoms with Gasteiger partial charge in [-0.1, -0.05) is 36.8 Å². The van der Waals surface area contributed by atoms with Crippen molar-refractivity contribution in [2.75, 3.05) is 36.4 Å². The molecule has 2 heterocycles. The fourth-order valence-corrected chi connectivity index (χ4v) is 5.43. The van der Waals surface area contributed by atoms with Gasteiger partial charge >= 0.3 is 0 Å². The van der Waals surface area contributed by atoms with Crippen molar-refractivity contribution in [3.63, 3.8) is 0 Å². The SMILES string of the molecule is CC(C)C(=O)Nc1nnc(S(=O)(=O)N2CCN(c3ccc(Cl)cc3[N+](=O)[O-])CC2)s1. The standard InChI is InChI=1S/C16H19ClN6O5S2/c1-10(2)14(24)18-15-19-20-16(29-15)30(27,28)22-7-5-21(6-8-22)12-4-3-11(17)9-13(12)23(25)26/h3-4,9-10H,5-8H2,1-2H3,(H,18,19,24). The number of carbonyl (C=O) groups is 1. The van der Waals surface area contributed by atoms with Crippen molar-refractivity contribution < 1.29 is 18.1 Å². The first-order valence-corrected chi connectivity index (χ1v) is 11.6. The van der Waals surface area contributed by atoms with E-state index in [1.807, 2.05) is 0 Å². The van der Waals surface area contributed by atoms with Gasteiger partial charge in [0.15, 0.2) is 0 Å². The highest BCUT2D eigenvalue weighted by molar-refractivity contribution is 7.91. The molecule has 1 aromatic carbocycles. The van der Waals surface area contributed by atoms with E-state index in [9.17, 15) is 23.3 Å². The molecular weight excluding hydrogens is 456 g/mol. The number of rotatable bonds is 6. The predicted octanol–water partition coefficient (Wildman–Crippen LogP) is 2.21. The number of nitro benzene ring substituents is 1. The summed E-state index contributed by atoms with van der Waals surface area (Å²) in [5.41, 5.74) is 0.254. The summed E-state index contributed by atoms with van der Waals surface area (Å²) in [6, 6.07) is 4.38. The van der Waals surface area contributed by atoms with E-state index in [0.29, 0.717) is 5.69 Å². The lowest BCUT2D eigenvalue weighted by Crippen LogP contribution is -2.48. The van der Waals surface area contributed by atoms with Crippen molar-refractivity contribution in [3.05, 3.63) is 33.3 Å². The number of benzene rings is 1. The van der Waals surface area contributed by atoms with Crippen molar-refractivity contribution in [1.29, 1.82) is 0 Å². The summed E-state index contributed by atoms with van der Waals surface area (Å²) in [6.45, 7) is 4.18. The third-order valence-corrected chi connectivity index (χ3v) is 7.75. The van der Waals surface area contributed by atoms with Crippen LogP contribution in [0.3, 0.4) is 0 Å². The van der Waals surface area contributed by atoms with Crippen LogP contribution >= 0.6 is 22.9 Å². The summed E-state index contributed by atoms with van der Waals surface area (Å²) in [5, 5.41) is 21.7. The van der Waals surface area contributed by atoms with Crippen molar-refractivity contribution in [3.8, 4) is 0 Å². The molecule has 0 unspecified atom stereocenters. The van der Waals surface area contributed by atoms with Gasteiger partial charge in [0.1, 0.15) is 5.69 Å². The van der Waals surface area contributed by atoms with Crippen molar-refractivity contribution in [2.24, 2.45) is 5.92 Å². The number of hydrogen-bond acceptors (Lipinski definition) is 9. The van der Waals surface area contributed by atoms with Crippen LogP contribution in [0, 0.1) is 16.0 Å². The molecule has 0 spiro atoms.